The van der Waals surface area contributed by atoms with Gasteiger partial charge in [-0.15, -0.1) is 11.3 Å². The number of carbonyl (C=O) groups excluding carboxylic acids is 1. The first kappa shape index (κ1) is 12.4. The molecule has 0 bridgehead atoms. The summed E-state index contributed by atoms with van der Waals surface area (Å²) >= 11 is 4.32. The Kier molecular flexibility index (Phi) is 3.69. The van der Waals surface area contributed by atoms with Crippen LogP contribution in [0.5, 0.6) is 0 Å². The third-order valence-electron chi connectivity index (χ3n) is 2.24. The number of ketones is 1. The quantitative estimate of drug-likeness (QED) is 0.612. The number of Topliss-reactive ketones (excluding diaryl/α,β-unsaturated/α-hetero) is 1. The standard InChI is InChI=1S/C12H7BrF2OS/c13-8-3-4-9(14)11(12(8)15)10(16)6-7-2-1-5-17-7/h1-5H,6H2. The SMILES string of the molecule is O=C(Cc1cccs1)c1c(F)ccc(Br)c1F. The van der Waals surface area contributed by atoms with Crippen LogP contribution in [0.4, 0.5) is 8.78 Å². The number of rotatable bonds is 3. The van der Waals surface area contributed by atoms with Crippen LogP contribution in [-0.4, -0.2) is 5.78 Å². The van der Waals surface area contributed by atoms with Crippen LogP contribution in [0.3, 0.4) is 0 Å². The van der Waals surface area contributed by atoms with Crippen molar-refractivity contribution in [3.63, 3.8) is 0 Å². The molecule has 2 aromatic rings. The molecule has 0 aliphatic heterocycles. The summed E-state index contributed by atoms with van der Waals surface area (Å²) in [6.07, 6.45) is 0.0158. The van der Waals surface area contributed by atoms with E-state index in [1.165, 1.54) is 17.4 Å². The van der Waals surface area contributed by atoms with E-state index < -0.39 is 23.0 Å². The lowest BCUT2D eigenvalue weighted by Crippen LogP contribution is -2.08. The minimum Gasteiger partial charge on any atom is -0.294 e. The van der Waals surface area contributed by atoms with E-state index in [9.17, 15) is 13.6 Å². The molecule has 88 valence electrons. The van der Waals surface area contributed by atoms with Crippen molar-refractivity contribution in [2.75, 3.05) is 0 Å². The average Bonchev–Trinajstić information content (AvgIpc) is 2.77. The van der Waals surface area contributed by atoms with Crippen LogP contribution in [0.25, 0.3) is 0 Å². The van der Waals surface area contributed by atoms with Crippen LogP contribution in [0.15, 0.2) is 34.1 Å². The summed E-state index contributed by atoms with van der Waals surface area (Å²) in [5, 5.41) is 1.82. The van der Waals surface area contributed by atoms with E-state index in [1.807, 2.05) is 5.38 Å². The zero-order valence-corrected chi connectivity index (χ0v) is 10.9. The first-order valence-electron chi connectivity index (χ1n) is 4.78. The molecule has 0 radical (unpaired) electrons. The van der Waals surface area contributed by atoms with Crippen molar-refractivity contribution in [3.05, 3.63) is 56.2 Å². The second kappa shape index (κ2) is 5.06. The lowest BCUT2D eigenvalue weighted by atomic mass is 10.1. The van der Waals surface area contributed by atoms with E-state index in [4.69, 9.17) is 0 Å². The Morgan fingerprint density at radius 2 is 2.06 bits per heavy atom. The van der Waals surface area contributed by atoms with Crippen molar-refractivity contribution >= 4 is 33.0 Å². The first-order chi connectivity index (χ1) is 8.09. The molecule has 0 aliphatic carbocycles. The monoisotopic (exact) mass is 316 g/mol. The van der Waals surface area contributed by atoms with Gasteiger partial charge in [0.25, 0.3) is 0 Å². The van der Waals surface area contributed by atoms with Crippen molar-refractivity contribution < 1.29 is 13.6 Å². The Hall–Kier alpha value is -1.07. The summed E-state index contributed by atoms with van der Waals surface area (Å²) in [5.41, 5.74) is -0.479. The first-order valence-corrected chi connectivity index (χ1v) is 6.46. The normalized spacial score (nSPS) is 10.5. The number of benzene rings is 1. The van der Waals surface area contributed by atoms with Crippen LogP contribution in [0, 0.1) is 11.6 Å². The van der Waals surface area contributed by atoms with Crippen LogP contribution < -0.4 is 0 Å². The van der Waals surface area contributed by atoms with E-state index in [2.05, 4.69) is 15.9 Å². The molecular formula is C12H7BrF2OS. The molecule has 0 saturated carbocycles. The number of halogens is 3. The molecule has 0 saturated heterocycles. The molecule has 1 nitrogen and oxygen atoms in total. The van der Waals surface area contributed by atoms with Gasteiger partial charge in [-0.25, -0.2) is 8.78 Å². The van der Waals surface area contributed by atoms with Crippen molar-refractivity contribution in [1.82, 2.24) is 0 Å². The Morgan fingerprint density at radius 3 is 2.71 bits per heavy atom. The largest absolute Gasteiger partial charge is 0.294 e. The topological polar surface area (TPSA) is 17.1 Å². The van der Waals surface area contributed by atoms with E-state index in [1.54, 1.807) is 12.1 Å². The molecule has 17 heavy (non-hydrogen) atoms. The van der Waals surface area contributed by atoms with Crippen LogP contribution in [0.2, 0.25) is 0 Å². The van der Waals surface area contributed by atoms with Crippen molar-refractivity contribution in [2.45, 2.75) is 6.42 Å². The highest BCUT2D eigenvalue weighted by atomic mass is 79.9. The Morgan fingerprint density at radius 1 is 1.29 bits per heavy atom. The highest BCUT2D eigenvalue weighted by Gasteiger charge is 2.19. The summed E-state index contributed by atoms with van der Waals surface area (Å²) in [7, 11) is 0. The Balaban J connectivity index is 2.34. The molecule has 0 unspecified atom stereocenters. The fourth-order valence-corrected chi connectivity index (χ4v) is 2.48. The second-order valence-corrected chi connectivity index (χ2v) is 5.28. The van der Waals surface area contributed by atoms with Gasteiger partial charge in [-0.1, -0.05) is 6.07 Å². The van der Waals surface area contributed by atoms with Crippen molar-refractivity contribution in [2.24, 2.45) is 0 Å². The minimum absolute atomic E-state index is 0.0158. The zero-order valence-electron chi connectivity index (χ0n) is 8.54. The second-order valence-electron chi connectivity index (χ2n) is 3.40. The van der Waals surface area contributed by atoms with Crippen LogP contribution >= 0.6 is 27.3 Å². The molecule has 0 fully saturated rings. The lowest BCUT2D eigenvalue weighted by Gasteiger charge is -2.04. The summed E-state index contributed by atoms with van der Waals surface area (Å²) in [6.45, 7) is 0. The number of thiophene rings is 1. The maximum Gasteiger partial charge on any atom is 0.174 e. The van der Waals surface area contributed by atoms with Crippen molar-refractivity contribution in [3.8, 4) is 0 Å². The third kappa shape index (κ3) is 2.61. The molecule has 0 atom stereocenters. The molecule has 1 aromatic heterocycles. The summed E-state index contributed by atoms with van der Waals surface area (Å²) in [5.74, 6) is -2.22. The summed E-state index contributed by atoms with van der Waals surface area (Å²) < 4.78 is 27.2. The van der Waals surface area contributed by atoms with Gasteiger partial charge in [-0.2, -0.15) is 0 Å². The fraction of sp³-hybridized carbons (Fsp3) is 0.0833. The predicted octanol–water partition coefficient (Wildman–Crippen LogP) is 4.21. The average molecular weight is 317 g/mol. The van der Waals surface area contributed by atoms with Crippen molar-refractivity contribution in [1.29, 1.82) is 0 Å². The van der Waals surface area contributed by atoms with Gasteiger partial charge in [0, 0.05) is 11.3 Å². The van der Waals surface area contributed by atoms with E-state index in [0.29, 0.717) is 0 Å². The molecule has 0 aliphatic rings. The van der Waals surface area contributed by atoms with Gasteiger partial charge >= 0.3 is 0 Å². The summed E-state index contributed by atoms with van der Waals surface area (Å²) in [6, 6.07) is 5.87. The molecule has 0 N–H and O–H groups in total. The fourth-order valence-electron chi connectivity index (χ4n) is 1.44. The van der Waals surface area contributed by atoms with Gasteiger partial charge in [0.05, 0.1) is 10.0 Å². The van der Waals surface area contributed by atoms with Crippen LogP contribution in [0.1, 0.15) is 15.2 Å². The maximum absolute atomic E-state index is 13.6. The Labute approximate surface area is 109 Å². The number of hydrogen-bond donors (Lipinski definition) is 0. The highest BCUT2D eigenvalue weighted by Crippen LogP contribution is 2.23. The predicted molar refractivity (Wildman–Crippen MR) is 66.4 cm³/mol. The molecule has 2 rings (SSSR count). The molecule has 1 heterocycles. The zero-order chi connectivity index (χ0) is 12.4. The highest BCUT2D eigenvalue weighted by molar-refractivity contribution is 9.10. The number of carbonyl (C=O) groups is 1. The molecule has 5 heteroatoms. The minimum atomic E-state index is -0.841. The van der Waals surface area contributed by atoms with E-state index >= 15 is 0 Å². The molecule has 0 spiro atoms. The smallest absolute Gasteiger partial charge is 0.174 e. The van der Waals surface area contributed by atoms with Crippen LogP contribution in [-0.2, 0) is 6.42 Å². The Bertz CT molecular complexity index is 552. The third-order valence-corrected chi connectivity index (χ3v) is 3.73. The van der Waals surface area contributed by atoms with E-state index in [-0.39, 0.29) is 10.9 Å². The summed E-state index contributed by atoms with van der Waals surface area (Å²) in [4.78, 5) is 12.6. The van der Waals surface area contributed by atoms with Gasteiger partial charge < -0.3 is 0 Å². The maximum atomic E-state index is 13.6. The molecule has 0 amide bonds. The lowest BCUT2D eigenvalue weighted by molar-refractivity contribution is 0.0985. The van der Waals surface area contributed by atoms with Gasteiger partial charge in [0.2, 0.25) is 0 Å². The number of hydrogen-bond acceptors (Lipinski definition) is 2. The van der Waals surface area contributed by atoms with Gasteiger partial charge in [0.1, 0.15) is 5.82 Å². The van der Waals surface area contributed by atoms with Gasteiger partial charge in [-0.05, 0) is 39.5 Å². The molecular weight excluding hydrogens is 310 g/mol. The molecule has 1 aromatic carbocycles. The van der Waals surface area contributed by atoms with E-state index in [0.717, 1.165) is 10.9 Å². The van der Waals surface area contributed by atoms with Gasteiger partial charge in [0.15, 0.2) is 11.6 Å². The van der Waals surface area contributed by atoms with Gasteiger partial charge in [-0.3, -0.25) is 4.79 Å².